The molecule has 5 aromatic rings. The van der Waals surface area contributed by atoms with Crippen molar-refractivity contribution in [3.05, 3.63) is 112 Å². The van der Waals surface area contributed by atoms with Crippen LogP contribution < -0.4 is 9.80 Å². The normalized spacial score (nSPS) is 18.2. The molecule has 2 aliphatic rings. The van der Waals surface area contributed by atoms with E-state index in [4.69, 9.17) is 4.99 Å². The van der Waals surface area contributed by atoms with Crippen molar-refractivity contribution in [3.8, 4) is 0 Å². The molecule has 1 saturated heterocycles. The van der Waals surface area contributed by atoms with Gasteiger partial charge < -0.3 is 4.90 Å². The number of aromatic nitrogens is 1. The summed E-state index contributed by atoms with van der Waals surface area (Å²) in [6.07, 6.45) is 4.02. The summed E-state index contributed by atoms with van der Waals surface area (Å²) in [6, 6.07) is 28.6. The number of hydrogen-bond acceptors (Lipinski definition) is 7. The maximum atomic E-state index is 13.8. The molecule has 40 heavy (non-hydrogen) atoms. The van der Waals surface area contributed by atoms with E-state index in [2.05, 4.69) is 59.3 Å². The summed E-state index contributed by atoms with van der Waals surface area (Å²) in [6.45, 7) is 5.01. The number of amidine groups is 1. The molecular weight excluding hydrogens is 553 g/mol. The monoisotopic (exact) mass is 576 g/mol. The maximum absolute atomic E-state index is 13.8. The van der Waals surface area contributed by atoms with E-state index in [0.717, 1.165) is 38.2 Å². The molecule has 0 unspecified atom stereocenters. The first-order valence-electron chi connectivity index (χ1n) is 13.0. The molecule has 0 aliphatic carbocycles. The van der Waals surface area contributed by atoms with Gasteiger partial charge in [-0.3, -0.25) is 9.69 Å². The van der Waals surface area contributed by atoms with Gasteiger partial charge in [0.25, 0.3) is 5.91 Å². The van der Waals surface area contributed by atoms with Crippen molar-refractivity contribution in [2.24, 2.45) is 4.99 Å². The van der Waals surface area contributed by atoms with Crippen LogP contribution in [0.1, 0.15) is 11.9 Å². The summed E-state index contributed by atoms with van der Waals surface area (Å²) in [7, 11) is 0. The minimum atomic E-state index is -0.0736. The standard InChI is InChI=1S/C32H24N4OS3/c1-3-35-26-16-13-21-9-7-8-12-24(21)30(26)40-29(35)18-17-27-31(37)36(23-10-5-4-6-11-23)32(39-27)34-22-14-15-25-28(19-22)38-20(2)33-25/h4-19H,3H2,1-2H3/b27-17-,29-18-,34-32?. The number of fused-ring (bicyclic) bond motifs is 4. The number of rotatable bonds is 4. The van der Waals surface area contributed by atoms with Gasteiger partial charge in [-0.05, 0) is 84.9 Å². The van der Waals surface area contributed by atoms with Crippen molar-refractivity contribution in [1.29, 1.82) is 0 Å². The van der Waals surface area contributed by atoms with Gasteiger partial charge in [0, 0.05) is 11.4 Å². The molecule has 7 rings (SSSR count). The minimum absolute atomic E-state index is 0.0736. The molecule has 3 heterocycles. The average molecular weight is 577 g/mol. The molecular formula is C32H24N4OS3. The zero-order valence-corrected chi connectivity index (χ0v) is 24.3. The van der Waals surface area contributed by atoms with E-state index >= 15 is 0 Å². The molecule has 0 spiro atoms. The Hall–Kier alpha value is -3.85. The van der Waals surface area contributed by atoms with Gasteiger partial charge in [0.15, 0.2) is 5.17 Å². The van der Waals surface area contributed by atoms with Gasteiger partial charge in [0.2, 0.25) is 0 Å². The highest BCUT2D eigenvalue weighted by Gasteiger charge is 2.35. The molecule has 1 fully saturated rings. The quantitative estimate of drug-likeness (QED) is 0.200. The molecule has 0 radical (unpaired) electrons. The van der Waals surface area contributed by atoms with Crippen molar-refractivity contribution in [1.82, 2.24) is 4.98 Å². The van der Waals surface area contributed by atoms with Crippen LogP contribution in [0.2, 0.25) is 0 Å². The number of thioether (sulfide) groups is 2. The zero-order chi connectivity index (χ0) is 27.2. The van der Waals surface area contributed by atoms with Gasteiger partial charge in [-0.1, -0.05) is 60.3 Å². The second-order valence-corrected chi connectivity index (χ2v) is 12.6. The largest absolute Gasteiger partial charge is 0.335 e. The Kier molecular flexibility index (Phi) is 6.46. The molecule has 1 amide bonds. The number of anilines is 2. The molecule has 2 aliphatic heterocycles. The first-order chi connectivity index (χ1) is 19.6. The third-order valence-corrected chi connectivity index (χ3v) is 9.96. The lowest BCUT2D eigenvalue weighted by Crippen LogP contribution is -2.28. The fourth-order valence-corrected chi connectivity index (χ4v) is 8.07. The van der Waals surface area contributed by atoms with E-state index in [-0.39, 0.29) is 5.91 Å². The second kappa shape index (κ2) is 10.3. The van der Waals surface area contributed by atoms with Crippen LogP contribution in [0.5, 0.6) is 0 Å². The smallest absolute Gasteiger partial charge is 0.271 e. The van der Waals surface area contributed by atoms with Crippen LogP contribution >= 0.6 is 34.9 Å². The van der Waals surface area contributed by atoms with Crippen LogP contribution in [0.4, 0.5) is 17.1 Å². The lowest BCUT2D eigenvalue weighted by atomic mass is 10.1. The molecule has 4 aromatic carbocycles. The Morgan fingerprint density at radius 2 is 1.75 bits per heavy atom. The summed E-state index contributed by atoms with van der Waals surface area (Å²) < 4.78 is 1.09. The summed E-state index contributed by atoms with van der Waals surface area (Å²) >= 11 is 4.82. The number of aliphatic imine (C=N–C) groups is 1. The fourth-order valence-electron chi connectivity index (χ4n) is 5.00. The van der Waals surface area contributed by atoms with Crippen molar-refractivity contribution >= 4 is 84.0 Å². The van der Waals surface area contributed by atoms with E-state index < -0.39 is 0 Å². The summed E-state index contributed by atoms with van der Waals surface area (Å²) in [5.74, 6) is -0.0736. The topological polar surface area (TPSA) is 48.8 Å². The van der Waals surface area contributed by atoms with Crippen LogP contribution in [0.25, 0.3) is 21.0 Å². The van der Waals surface area contributed by atoms with Crippen LogP contribution in [-0.4, -0.2) is 22.6 Å². The Balaban J connectivity index is 1.26. The fraction of sp³-hybridized carbons (Fsp3) is 0.0938. The van der Waals surface area contributed by atoms with Gasteiger partial charge >= 0.3 is 0 Å². The number of amides is 1. The number of thiazole rings is 1. The molecule has 0 N–H and O–H groups in total. The number of allylic oxidation sites excluding steroid dienone is 2. The van der Waals surface area contributed by atoms with Crippen molar-refractivity contribution in [3.63, 3.8) is 0 Å². The van der Waals surface area contributed by atoms with E-state index in [1.807, 2.05) is 61.5 Å². The Labute approximate surface area is 244 Å². The van der Waals surface area contributed by atoms with Crippen molar-refractivity contribution < 1.29 is 4.79 Å². The molecule has 1 aromatic heterocycles. The highest BCUT2D eigenvalue weighted by Crippen LogP contribution is 2.49. The molecule has 196 valence electrons. The number of aryl methyl sites for hydroxylation is 1. The lowest BCUT2D eigenvalue weighted by molar-refractivity contribution is -0.113. The number of hydrogen-bond donors (Lipinski definition) is 0. The van der Waals surface area contributed by atoms with Crippen LogP contribution in [0.15, 0.2) is 117 Å². The molecule has 0 saturated carbocycles. The average Bonchev–Trinajstić information content (AvgIpc) is 3.63. The van der Waals surface area contributed by atoms with Gasteiger partial charge in [0.1, 0.15) is 0 Å². The van der Waals surface area contributed by atoms with E-state index in [1.54, 1.807) is 28.0 Å². The van der Waals surface area contributed by atoms with E-state index in [9.17, 15) is 4.79 Å². The third kappa shape index (κ3) is 4.42. The predicted octanol–water partition coefficient (Wildman–Crippen LogP) is 8.88. The lowest BCUT2D eigenvalue weighted by Gasteiger charge is -2.17. The van der Waals surface area contributed by atoms with Gasteiger partial charge in [-0.15, -0.1) is 11.3 Å². The number of carbonyl (C=O) groups is 1. The van der Waals surface area contributed by atoms with E-state index in [0.29, 0.717) is 10.1 Å². The molecule has 0 atom stereocenters. The zero-order valence-electron chi connectivity index (χ0n) is 21.9. The number of para-hydroxylation sites is 1. The van der Waals surface area contributed by atoms with Crippen LogP contribution in [0.3, 0.4) is 0 Å². The SMILES string of the molecule is CCN1/C(=C/C=C2\SC(=Nc3ccc4nc(C)sc4c3)N(c3ccccc3)C2=O)Sc2c1ccc1ccccc21. The molecule has 0 bridgehead atoms. The van der Waals surface area contributed by atoms with Gasteiger partial charge in [0.05, 0.1) is 42.2 Å². The van der Waals surface area contributed by atoms with Crippen LogP contribution in [0, 0.1) is 6.92 Å². The number of carbonyl (C=O) groups excluding carboxylic acids is 1. The Morgan fingerprint density at radius 3 is 2.60 bits per heavy atom. The van der Waals surface area contributed by atoms with Crippen molar-refractivity contribution in [2.45, 2.75) is 18.7 Å². The number of benzene rings is 4. The summed E-state index contributed by atoms with van der Waals surface area (Å²) in [5, 5.41) is 5.26. The Morgan fingerprint density at radius 1 is 0.925 bits per heavy atom. The molecule has 8 heteroatoms. The van der Waals surface area contributed by atoms with E-state index in [1.165, 1.54) is 33.1 Å². The van der Waals surface area contributed by atoms with Gasteiger partial charge in [-0.25, -0.2) is 9.98 Å². The highest BCUT2D eigenvalue weighted by atomic mass is 32.2. The maximum Gasteiger partial charge on any atom is 0.271 e. The summed E-state index contributed by atoms with van der Waals surface area (Å²) in [4.78, 5) is 29.2. The number of nitrogens with zero attached hydrogens (tertiary/aromatic N) is 4. The Bertz CT molecular complexity index is 1890. The van der Waals surface area contributed by atoms with Gasteiger partial charge in [-0.2, -0.15) is 0 Å². The first kappa shape index (κ1) is 25.1. The summed E-state index contributed by atoms with van der Waals surface area (Å²) in [5.41, 5.74) is 3.78. The minimum Gasteiger partial charge on any atom is -0.335 e. The predicted molar refractivity (Wildman–Crippen MR) is 172 cm³/mol. The molecule has 5 nitrogen and oxygen atoms in total. The highest BCUT2D eigenvalue weighted by molar-refractivity contribution is 8.19. The van der Waals surface area contributed by atoms with Crippen LogP contribution in [-0.2, 0) is 4.79 Å². The first-order valence-corrected chi connectivity index (χ1v) is 15.5. The van der Waals surface area contributed by atoms with Crippen molar-refractivity contribution in [2.75, 3.05) is 16.3 Å². The second-order valence-electron chi connectivity index (χ2n) is 9.37. The third-order valence-electron chi connectivity index (χ3n) is 6.84.